The molecule has 0 saturated carbocycles. The highest BCUT2D eigenvalue weighted by Crippen LogP contribution is 2.17. The van der Waals surface area contributed by atoms with Crippen LogP contribution < -0.4 is 10.1 Å². The van der Waals surface area contributed by atoms with Crippen LogP contribution in [0.5, 0.6) is 5.75 Å². The van der Waals surface area contributed by atoms with E-state index in [9.17, 15) is 18.8 Å². The van der Waals surface area contributed by atoms with Crippen LogP contribution in [0, 0.1) is 5.82 Å². The monoisotopic (exact) mass is 340 g/mol. The minimum absolute atomic E-state index is 0.127. The highest BCUT2D eigenvalue weighted by atomic mass is 19.1. The lowest BCUT2D eigenvalue weighted by Crippen LogP contribution is -2.42. The Labute approximate surface area is 139 Å². The molecule has 24 heavy (non-hydrogen) atoms. The van der Waals surface area contributed by atoms with Gasteiger partial charge in [0.15, 0.2) is 6.61 Å². The smallest absolute Gasteiger partial charge is 0.341 e. The van der Waals surface area contributed by atoms with Gasteiger partial charge in [-0.05, 0) is 26.0 Å². The maximum atomic E-state index is 13.8. The molecule has 0 spiro atoms. The van der Waals surface area contributed by atoms with Gasteiger partial charge in [-0.25, -0.2) is 9.18 Å². The summed E-state index contributed by atoms with van der Waals surface area (Å²) in [6, 6.07) is 3.67. The summed E-state index contributed by atoms with van der Waals surface area (Å²) in [6.45, 7) is 3.50. The van der Waals surface area contributed by atoms with Crippen molar-refractivity contribution in [1.82, 2.24) is 10.2 Å². The van der Waals surface area contributed by atoms with Gasteiger partial charge in [0.25, 0.3) is 5.91 Å². The number of rotatable bonds is 8. The second-order valence-electron chi connectivity index (χ2n) is 4.78. The SMILES string of the molecule is CCNC(=O)CN(CC)C(=O)COC(=O)c1ccc(OC)cc1F. The summed E-state index contributed by atoms with van der Waals surface area (Å²) in [5.41, 5.74) is -0.296. The van der Waals surface area contributed by atoms with E-state index in [1.54, 1.807) is 13.8 Å². The topological polar surface area (TPSA) is 84.9 Å². The molecule has 0 bridgehead atoms. The zero-order chi connectivity index (χ0) is 18.1. The lowest BCUT2D eigenvalue weighted by molar-refractivity contribution is -0.138. The van der Waals surface area contributed by atoms with E-state index in [0.29, 0.717) is 6.54 Å². The number of esters is 1. The Morgan fingerprint density at radius 2 is 1.96 bits per heavy atom. The number of hydrogen-bond acceptors (Lipinski definition) is 5. The molecular weight excluding hydrogens is 319 g/mol. The molecule has 0 aliphatic heterocycles. The molecule has 132 valence electrons. The summed E-state index contributed by atoms with van der Waals surface area (Å²) in [5, 5.41) is 2.57. The largest absolute Gasteiger partial charge is 0.497 e. The van der Waals surface area contributed by atoms with Gasteiger partial charge in [-0.3, -0.25) is 9.59 Å². The standard InChI is InChI=1S/C16H21FN2O5/c1-4-18-14(20)9-19(5-2)15(21)10-24-16(22)12-7-6-11(23-3)8-13(12)17/h6-8H,4-5,9-10H2,1-3H3,(H,18,20). The third-order valence-electron chi connectivity index (χ3n) is 3.17. The Kier molecular flexibility index (Phi) is 7.67. The first-order valence-electron chi connectivity index (χ1n) is 7.48. The van der Waals surface area contributed by atoms with Crippen LogP contribution in [-0.4, -0.2) is 56.0 Å². The summed E-state index contributed by atoms with van der Waals surface area (Å²) in [4.78, 5) is 36.6. The van der Waals surface area contributed by atoms with Crippen molar-refractivity contribution in [3.63, 3.8) is 0 Å². The number of hydrogen-bond donors (Lipinski definition) is 1. The molecule has 2 amide bonds. The van der Waals surface area contributed by atoms with E-state index in [-0.39, 0.29) is 30.3 Å². The van der Waals surface area contributed by atoms with Crippen molar-refractivity contribution in [2.75, 3.05) is 33.4 Å². The van der Waals surface area contributed by atoms with Gasteiger partial charge in [-0.1, -0.05) is 0 Å². The van der Waals surface area contributed by atoms with Gasteiger partial charge in [-0.2, -0.15) is 0 Å². The van der Waals surface area contributed by atoms with Gasteiger partial charge >= 0.3 is 5.97 Å². The number of nitrogens with one attached hydrogen (secondary N) is 1. The number of carbonyl (C=O) groups excluding carboxylic acids is 3. The molecule has 1 N–H and O–H groups in total. The molecule has 0 saturated heterocycles. The number of amides is 2. The van der Waals surface area contributed by atoms with Gasteiger partial charge in [0.2, 0.25) is 5.91 Å². The van der Waals surface area contributed by atoms with Gasteiger partial charge in [0.1, 0.15) is 11.6 Å². The van der Waals surface area contributed by atoms with Crippen molar-refractivity contribution in [1.29, 1.82) is 0 Å². The molecule has 7 nitrogen and oxygen atoms in total. The van der Waals surface area contributed by atoms with Crippen molar-refractivity contribution < 1.29 is 28.2 Å². The molecule has 0 heterocycles. The molecule has 1 aromatic carbocycles. The Morgan fingerprint density at radius 1 is 1.25 bits per heavy atom. The second-order valence-corrected chi connectivity index (χ2v) is 4.78. The van der Waals surface area contributed by atoms with Gasteiger partial charge in [0, 0.05) is 19.2 Å². The average Bonchev–Trinajstić information content (AvgIpc) is 2.57. The zero-order valence-corrected chi connectivity index (χ0v) is 13.9. The minimum atomic E-state index is -0.961. The van der Waals surface area contributed by atoms with Crippen LogP contribution in [0.3, 0.4) is 0 Å². The fourth-order valence-electron chi connectivity index (χ4n) is 1.89. The van der Waals surface area contributed by atoms with Crippen molar-refractivity contribution in [2.24, 2.45) is 0 Å². The van der Waals surface area contributed by atoms with Crippen molar-refractivity contribution >= 4 is 17.8 Å². The van der Waals surface area contributed by atoms with Crippen molar-refractivity contribution in [2.45, 2.75) is 13.8 Å². The van der Waals surface area contributed by atoms with Gasteiger partial charge in [-0.15, -0.1) is 0 Å². The van der Waals surface area contributed by atoms with Crippen LogP contribution in [0.15, 0.2) is 18.2 Å². The third-order valence-corrected chi connectivity index (χ3v) is 3.17. The van der Waals surface area contributed by atoms with Crippen LogP contribution in [-0.2, 0) is 14.3 Å². The van der Waals surface area contributed by atoms with Gasteiger partial charge < -0.3 is 19.7 Å². The maximum absolute atomic E-state index is 13.8. The molecule has 1 aromatic rings. The number of carbonyl (C=O) groups is 3. The summed E-state index contributed by atoms with van der Waals surface area (Å²) >= 11 is 0. The number of methoxy groups -OCH3 is 1. The molecule has 0 aliphatic carbocycles. The first kappa shape index (κ1) is 19.4. The molecule has 0 unspecified atom stereocenters. The third kappa shape index (κ3) is 5.53. The van der Waals surface area contributed by atoms with Crippen LogP contribution in [0.25, 0.3) is 0 Å². The molecule has 1 rings (SSSR count). The number of likely N-dealkylation sites (N-methyl/N-ethyl adjacent to an activating group) is 2. The molecule has 0 aromatic heterocycles. The van der Waals surface area contributed by atoms with E-state index in [1.807, 2.05) is 0 Å². The molecule has 0 fully saturated rings. The quantitative estimate of drug-likeness (QED) is 0.713. The highest BCUT2D eigenvalue weighted by Gasteiger charge is 2.19. The molecule has 0 aliphatic rings. The molecule has 0 radical (unpaired) electrons. The molecule has 0 atom stereocenters. The summed E-state index contributed by atoms with van der Waals surface area (Å²) in [7, 11) is 1.37. The second kappa shape index (κ2) is 9.49. The number of benzene rings is 1. The van der Waals surface area contributed by atoms with Crippen LogP contribution in [0.4, 0.5) is 4.39 Å². The zero-order valence-electron chi connectivity index (χ0n) is 13.9. The lowest BCUT2D eigenvalue weighted by atomic mass is 10.2. The fraction of sp³-hybridized carbons (Fsp3) is 0.438. The normalized spacial score (nSPS) is 10.0. The predicted molar refractivity (Wildman–Crippen MR) is 84.2 cm³/mol. The van der Waals surface area contributed by atoms with Crippen molar-refractivity contribution in [3.8, 4) is 5.75 Å². The average molecular weight is 340 g/mol. The van der Waals surface area contributed by atoms with E-state index in [0.717, 1.165) is 6.07 Å². The van der Waals surface area contributed by atoms with E-state index in [4.69, 9.17) is 9.47 Å². The van der Waals surface area contributed by atoms with Crippen LogP contribution >= 0.6 is 0 Å². The van der Waals surface area contributed by atoms with Crippen molar-refractivity contribution in [3.05, 3.63) is 29.6 Å². The number of halogens is 1. The number of nitrogens with zero attached hydrogens (tertiary/aromatic N) is 1. The highest BCUT2D eigenvalue weighted by molar-refractivity contribution is 5.92. The number of ether oxygens (including phenoxy) is 2. The van der Waals surface area contributed by atoms with Crippen LogP contribution in [0.1, 0.15) is 24.2 Å². The van der Waals surface area contributed by atoms with Gasteiger partial charge in [0.05, 0.1) is 19.2 Å². The van der Waals surface area contributed by atoms with E-state index < -0.39 is 24.3 Å². The maximum Gasteiger partial charge on any atom is 0.341 e. The first-order chi connectivity index (χ1) is 11.4. The van der Waals surface area contributed by atoms with E-state index >= 15 is 0 Å². The fourth-order valence-corrected chi connectivity index (χ4v) is 1.89. The van der Waals surface area contributed by atoms with E-state index in [2.05, 4.69) is 5.32 Å². The minimum Gasteiger partial charge on any atom is -0.497 e. The summed E-state index contributed by atoms with van der Waals surface area (Å²) in [5.74, 6) is -2.34. The Hall–Kier alpha value is -2.64. The lowest BCUT2D eigenvalue weighted by Gasteiger charge is -2.20. The van der Waals surface area contributed by atoms with Crippen LogP contribution in [0.2, 0.25) is 0 Å². The Morgan fingerprint density at radius 3 is 2.50 bits per heavy atom. The summed E-state index contributed by atoms with van der Waals surface area (Å²) in [6.07, 6.45) is 0. The Balaban J connectivity index is 2.62. The molecule has 8 heteroatoms. The molecular formula is C16H21FN2O5. The first-order valence-corrected chi connectivity index (χ1v) is 7.48. The Bertz CT molecular complexity index is 606. The predicted octanol–water partition coefficient (Wildman–Crippen LogP) is 0.976. The van der Waals surface area contributed by atoms with E-state index in [1.165, 1.54) is 24.1 Å². The summed E-state index contributed by atoms with van der Waals surface area (Å²) < 4.78 is 23.4.